The lowest BCUT2D eigenvalue weighted by molar-refractivity contribution is -0.155. The Hall–Kier alpha value is -1.40. The number of cyclic esters (lactones) is 2. The van der Waals surface area contributed by atoms with Crippen molar-refractivity contribution < 1.29 is 29.3 Å². The second-order valence-corrected chi connectivity index (χ2v) is 22.8. The molecular weight excluding hydrogens is 865 g/mol. The van der Waals surface area contributed by atoms with Crippen LogP contribution in [0.5, 0.6) is 0 Å². The molecule has 70 heavy (non-hydrogen) atoms. The summed E-state index contributed by atoms with van der Waals surface area (Å²) in [4.78, 5) is 24.7. The fraction of sp³-hybridized carbons (Fsp3) is 0.938. The monoisotopic (exact) mass is 987 g/mol. The molecule has 2 N–H and O–H groups in total. The number of ether oxygens (including phenoxy) is 2. The van der Waals surface area contributed by atoms with Crippen molar-refractivity contribution in [3.05, 3.63) is 12.2 Å². The predicted molar refractivity (Wildman–Crippen MR) is 302 cm³/mol. The maximum Gasteiger partial charge on any atom is 0.309 e. The van der Waals surface area contributed by atoms with Crippen LogP contribution in [0.2, 0.25) is 0 Å². The summed E-state index contributed by atoms with van der Waals surface area (Å²) in [6.45, 7) is 1.21. The van der Waals surface area contributed by atoms with Gasteiger partial charge in [0.15, 0.2) is 0 Å². The number of hydrogen-bond donors (Lipinski definition) is 2. The molecule has 1 aliphatic rings. The molecule has 0 radical (unpaired) electrons. The number of hydrogen-bond acceptors (Lipinski definition) is 6. The van der Waals surface area contributed by atoms with Crippen molar-refractivity contribution in [3.63, 3.8) is 0 Å². The Balaban J connectivity index is 1.69. The van der Waals surface area contributed by atoms with Crippen LogP contribution in [0.1, 0.15) is 347 Å². The number of carbonyl (C=O) groups is 2. The van der Waals surface area contributed by atoms with Gasteiger partial charge >= 0.3 is 11.9 Å². The van der Waals surface area contributed by atoms with Crippen molar-refractivity contribution in [3.8, 4) is 0 Å². The summed E-state index contributed by atoms with van der Waals surface area (Å²) in [6.07, 6.45) is 77.2. The highest BCUT2D eigenvalue weighted by atomic mass is 16.6. The minimum Gasteiger partial charge on any atom is -0.465 e. The fourth-order valence-electron chi connectivity index (χ4n) is 10.6. The quantitative estimate of drug-likeness (QED) is 0.0358. The zero-order chi connectivity index (χ0) is 50.4. The maximum atomic E-state index is 12.5. The first-order chi connectivity index (χ1) is 34.6. The Morgan fingerprint density at radius 3 is 0.886 bits per heavy atom. The molecule has 0 amide bonds. The second-order valence-electron chi connectivity index (χ2n) is 22.8. The van der Waals surface area contributed by atoms with Gasteiger partial charge in [0.2, 0.25) is 0 Å². The third-order valence-electron chi connectivity index (χ3n) is 15.8. The van der Waals surface area contributed by atoms with Gasteiger partial charge in [-0.1, -0.05) is 321 Å². The van der Waals surface area contributed by atoms with Crippen LogP contribution in [0.4, 0.5) is 0 Å². The Morgan fingerprint density at radius 2 is 0.614 bits per heavy atom. The standard InChI is InChI=1S/C64H122O6/c1-2-3-4-5-6-7-8-9-10-11-12-13-14-15-16-17-18-19-20-21-22-23-24-25-26-27-28-29-30-31-32-33-34-35-36-37-38-39-40-41-42-43-44-45-46-47-48-49-50-51-52-53-54-55-61-56-62(67)69-59-64(57-65,58-66)60-70-63(61)68/h26-27,61,65-66H,2-25,28-60H2,1H3/b27-26+. The van der Waals surface area contributed by atoms with Crippen LogP contribution in [-0.4, -0.2) is 48.6 Å². The van der Waals surface area contributed by atoms with Gasteiger partial charge in [-0.05, 0) is 32.1 Å². The van der Waals surface area contributed by atoms with E-state index in [1.807, 2.05) is 0 Å². The average molecular weight is 988 g/mol. The van der Waals surface area contributed by atoms with E-state index in [-0.39, 0.29) is 19.6 Å². The summed E-state index contributed by atoms with van der Waals surface area (Å²) < 4.78 is 10.6. The molecular formula is C64H122O6. The Kier molecular flexibility index (Phi) is 51.3. The van der Waals surface area contributed by atoms with Crippen molar-refractivity contribution in [2.75, 3.05) is 26.4 Å². The van der Waals surface area contributed by atoms with E-state index in [0.29, 0.717) is 6.42 Å². The maximum absolute atomic E-state index is 12.5. The normalized spacial score (nSPS) is 15.3. The molecule has 1 rings (SSSR count). The van der Waals surface area contributed by atoms with Crippen LogP contribution < -0.4 is 0 Å². The smallest absolute Gasteiger partial charge is 0.309 e. The molecule has 0 aromatic carbocycles. The molecule has 1 atom stereocenters. The number of esters is 2. The van der Waals surface area contributed by atoms with Crippen LogP contribution in [-0.2, 0) is 19.1 Å². The minimum absolute atomic E-state index is 0.00456. The molecule has 1 heterocycles. The summed E-state index contributed by atoms with van der Waals surface area (Å²) in [5.41, 5.74) is -1.12. The first-order valence-corrected chi connectivity index (χ1v) is 31.8. The summed E-state index contributed by atoms with van der Waals surface area (Å²) >= 11 is 0. The molecule has 0 aromatic rings. The molecule has 1 unspecified atom stereocenters. The predicted octanol–water partition coefficient (Wildman–Crippen LogP) is 19.9. The van der Waals surface area contributed by atoms with Gasteiger partial charge in [0.25, 0.3) is 0 Å². The molecule has 0 bridgehead atoms. The molecule has 0 spiro atoms. The van der Waals surface area contributed by atoms with E-state index in [4.69, 9.17) is 9.47 Å². The number of aliphatic hydroxyl groups excluding tert-OH is 2. The number of aliphatic hydroxyl groups is 2. The first kappa shape index (κ1) is 66.6. The lowest BCUT2D eigenvalue weighted by Gasteiger charge is -2.27. The summed E-state index contributed by atoms with van der Waals surface area (Å²) in [7, 11) is 0. The summed E-state index contributed by atoms with van der Waals surface area (Å²) in [5, 5.41) is 19.2. The highest BCUT2D eigenvalue weighted by Crippen LogP contribution is 2.25. The van der Waals surface area contributed by atoms with Gasteiger partial charge in [-0.3, -0.25) is 9.59 Å². The van der Waals surface area contributed by atoms with Crippen molar-refractivity contribution in [2.24, 2.45) is 11.3 Å². The van der Waals surface area contributed by atoms with Crippen LogP contribution in [0.25, 0.3) is 0 Å². The third-order valence-corrected chi connectivity index (χ3v) is 15.8. The van der Waals surface area contributed by atoms with E-state index >= 15 is 0 Å². The van der Waals surface area contributed by atoms with Gasteiger partial charge in [0, 0.05) is 0 Å². The van der Waals surface area contributed by atoms with Crippen molar-refractivity contribution in [1.82, 2.24) is 0 Å². The molecule has 0 saturated carbocycles. The molecule has 1 aliphatic heterocycles. The molecule has 6 nitrogen and oxygen atoms in total. The van der Waals surface area contributed by atoms with Gasteiger partial charge < -0.3 is 19.7 Å². The lowest BCUT2D eigenvalue weighted by Crippen LogP contribution is -2.40. The largest absolute Gasteiger partial charge is 0.465 e. The minimum atomic E-state index is -1.12. The molecule has 0 aliphatic carbocycles. The number of unbranched alkanes of at least 4 members (excludes halogenated alkanes) is 49. The molecule has 1 fully saturated rings. The molecule has 1 saturated heterocycles. The highest BCUT2D eigenvalue weighted by Gasteiger charge is 2.36. The van der Waals surface area contributed by atoms with Gasteiger partial charge in [0.1, 0.15) is 13.2 Å². The van der Waals surface area contributed by atoms with Gasteiger partial charge in [-0.15, -0.1) is 0 Å². The van der Waals surface area contributed by atoms with Crippen molar-refractivity contribution in [1.29, 1.82) is 0 Å². The van der Waals surface area contributed by atoms with Gasteiger partial charge in [-0.25, -0.2) is 0 Å². The number of carbonyl (C=O) groups excluding carboxylic acids is 2. The Morgan fingerprint density at radius 1 is 0.371 bits per heavy atom. The Bertz CT molecular complexity index is 1100. The molecule has 0 aromatic heterocycles. The Labute approximate surface area is 436 Å². The van der Waals surface area contributed by atoms with Crippen molar-refractivity contribution in [2.45, 2.75) is 347 Å². The van der Waals surface area contributed by atoms with Crippen LogP contribution in [0.3, 0.4) is 0 Å². The molecule has 414 valence electrons. The lowest BCUT2D eigenvalue weighted by atomic mass is 9.92. The van der Waals surface area contributed by atoms with E-state index in [9.17, 15) is 19.8 Å². The summed E-state index contributed by atoms with van der Waals surface area (Å²) in [6, 6.07) is 0. The SMILES string of the molecule is CCCCCCCCCCCCCCCCCCCCCCCCC/C=C/CCCCCCCCCCCCCCCCCCCCCCCCCCCCC1CC(=O)OCC(CO)(CO)COC1=O. The fourth-order valence-corrected chi connectivity index (χ4v) is 10.6. The zero-order valence-corrected chi connectivity index (χ0v) is 47.1. The van der Waals surface area contributed by atoms with E-state index in [2.05, 4.69) is 19.1 Å². The second kappa shape index (κ2) is 53.9. The van der Waals surface area contributed by atoms with E-state index < -0.39 is 36.5 Å². The van der Waals surface area contributed by atoms with Crippen LogP contribution in [0.15, 0.2) is 12.2 Å². The van der Waals surface area contributed by atoms with Crippen molar-refractivity contribution >= 4 is 11.9 Å². The first-order valence-electron chi connectivity index (χ1n) is 31.8. The highest BCUT2D eigenvalue weighted by molar-refractivity contribution is 5.80. The van der Waals surface area contributed by atoms with E-state index in [1.54, 1.807) is 0 Å². The average Bonchev–Trinajstić information content (AvgIpc) is 3.43. The number of allylic oxidation sites excluding steroid dienone is 2. The van der Waals surface area contributed by atoms with Crippen LogP contribution >= 0.6 is 0 Å². The van der Waals surface area contributed by atoms with Gasteiger partial charge in [0.05, 0.1) is 31.0 Å². The molecule has 6 heteroatoms. The van der Waals surface area contributed by atoms with Crippen LogP contribution in [0, 0.1) is 11.3 Å². The summed E-state index contributed by atoms with van der Waals surface area (Å²) in [5.74, 6) is -1.40. The topological polar surface area (TPSA) is 93.1 Å². The zero-order valence-electron chi connectivity index (χ0n) is 47.1. The van der Waals surface area contributed by atoms with E-state index in [0.717, 1.165) is 19.3 Å². The number of rotatable bonds is 55. The third kappa shape index (κ3) is 45.2. The van der Waals surface area contributed by atoms with E-state index in [1.165, 1.54) is 308 Å². The van der Waals surface area contributed by atoms with Gasteiger partial charge in [-0.2, -0.15) is 0 Å².